The zero-order valence-corrected chi connectivity index (χ0v) is 16.3. The molecule has 1 heterocycles. The summed E-state index contributed by atoms with van der Waals surface area (Å²) in [6, 6.07) is 15.4. The number of hydrogen-bond donors (Lipinski definition) is 1. The van der Waals surface area contributed by atoms with Crippen LogP contribution in [0, 0.1) is 0 Å². The van der Waals surface area contributed by atoms with Gasteiger partial charge in [-0.05, 0) is 61.1 Å². The Morgan fingerprint density at radius 3 is 2.23 bits per heavy atom. The first-order valence-corrected chi connectivity index (χ1v) is 9.43. The second-order valence-electron chi connectivity index (χ2n) is 6.45. The zero-order valence-electron chi connectivity index (χ0n) is 14.7. The molecule has 0 atom stereocenters. The molecule has 1 saturated heterocycles. The summed E-state index contributed by atoms with van der Waals surface area (Å²) in [4.78, 5) is 15.9. The van der Waals surface area contributed by atoms with Crippen molar-refractivity contribution in [2.45, 2.75) is 13.5 Å². The maximum atomic E-state index is 11.3. The van der Waals surface area contributed by atoms with Gasteiger partial charge in [-0.1, -0.05) is 23.7 Å². The molecule has 0 amide bonds. The Balaban J connectivity index is 1.48. The van der Waals surface area contributed by atoms with Crippen molar-refractivity contribution in [3.05, 3.63) is 64.7 Å². The van der Waals surface area contributed by atoms with Gasteiger partial charge in [0, 0.05) is 49.0 Å². The third kappa shape index (κ3) is 5.04. The molecular weight excluding hydrogens is 366 g/mol. The number of nitrogens with one attached hydrogen (secondary N) is 1. The van der Waals surface area contributed by atoms with Gasteiger partial charge in [-0.25, -0.2) is 0 Å². The molecule has 1 aliphatic rings. The molecule has 6 heteroatoms. The van der Waals surface area contributed by atoms with Crippen LogP contribution in [0.15, 0.2) is 48.5 Å². The third-order valence-corrected chi connectivity index (χ3v) is 5.13. The van der Waals surface area contributed by atoms with E-state index in [-0.39, 0.29) is 5.78 Å². The predicted octanol–water partition coefficient (Wildman–Crippen LogP) is 4.06. The summed E-state index contributed by atoms with van der Waals surface area (Å²) in [6.45, 7) is 6.21. The summed E-state index contributed by atoms with van der Waals surface area (Å²) in [5.74, 6) is 0.0657. The van der Waals surface area contributed by atoms with Gasteiger partial charge in [0.25, 0.3) is 0 Å². The molecule has 0 spiro atoms. The quantitative estimate of drug-likeness (QED) is 0.632. The van der Waals surface area contributed by atoms with Crippen molar-refractivity contribution < 1.29 is 4.79 Å². The molecule has 0 radical (unpaired) electrons. The number of nitrogens with zero attached hydrogens (tertiary/aromatic N) is 2. The number of piperazine rings is 1. The van der Waals surface area contributed by atoms with E-state index in [0.29, 0.717) is 5.56 Å². The molecule has 26 heavy (non-hydrogen) atoms. The van der Waals surface area contributed by atoms with Crippen molar-refractivity contribution in [2.24, 2.45) is 0 Å². The van der Waals surface area contributed by atoms with Crippen molar-refractivity contribution in [3.8, 4) is 0 Å². The van der Waals surface area contributed by atoms with Crippen LogP contribution in [-0.2, 0) is 6.54 Å². The Bertz CT molecular complexity index is 769. The average Bonchev–Trinajstić information content (AvgIpc) is 2.64. The molecule has 2 aromatic carbocycles. The number of carbonyl (C=O) groups excluding carboxylic acids is 1. The summed E-state index contributed by atoms with van der Waals surface area (Å²) in [5.41, 5.74) is 2.88. The van der Waals surface area contributed by atoms with Crippen LogP contribution in [0.5, 0.6) is 0 Å². The molecular formula is C20H22ClN3OS. The fourth-order valence-electron chi connectivity index (χ4n) is 2.95. The molecule has 1 fully saturated rings. The first-order chi connectivity index (χ1) is 12.5. The Labute approximate surface area is 164 Å². The number of benzene rings is 2. The molecule has 4 nitrogen and oxygen atoms in total. The first-order valence-electron chi connectivity index (χ1n) is 8.65. The van der Waals surface area contributed by atoms with Gasteiger partial charge in [0.1, 0.15) is 0 Å². The number of rotatable bonds is 4. The number of Topliss-reactive ketones (excluding diaryl/α,β-unsaturated/α-hetero) is 1. The maximum Gasteiger partial charge on any atom is 0.173 e. The lowest BCUT2D eigenvalue weighted by atomic mass is 10.1. The van der Waals surface area contributed by atoms with E-state index >= 15 is 0 Å². The van der Waals surface area contributed by atoms with Crippen LogP contribution in [0.2, 0.25) is 5.02 Å². The SMILES string of the molecule is CC(=O)c1ccc(NC(=S)N2CCN(Cc3ccc(Cl)cc3)CC2)cc1. The van der Waals surface area contributed by atoms with E-state index in [9.17, 15) is 4.79 Å². The lowest BCUT2D eigenvalue weighted by Gasteiger charge is -2.36. The minimum Gasteiger partial charge on any atom is -0.346 e. The van der Waals surface area contributed by atoms with Crippen LogP contribution < -0.4 is 5.32 Å². The van der Waals surface area contributed by atoms with Crippen LogP contribution >= 0.6 is 23.8 Å². The van der Waals surface area contributed by atoms with Crippen molar-refractivity contribution >= 4 is 40.4 Å². The van der Waals surface area contributed by atoms with E-state index in [1.54, 1.807) is 6.92 Å². The lowest BCUT2D eigenvalue weighted by molar-refractivity contribution is 0.101. The molecule has 0 saturated carbocycles. The highest BCUT2D eigenvalue weighted by molar-refractivity contribution is 7.80. The second kappa shape index (κ2) is 8.62. The van der Waals surface area contributed by atoms with Gasteiger partial charge in [-0.15, -0.1) is 0 Å². The van der Waals surface area contributed by atoms with Crippen LogP contribution in [0.25, 0.3) is 0 Å². The summed E-state index contributed by atoms with van der Waals surface area (Å²) in [6.07, 6.45) is 0. The van der Waals surface area contributed by atoms with Gasteiger partial charge in [0.15, 0.2) is 10.9 Å². The van der Waals surface area contributed by atoms with E-state index in [2.05, 4.69) is 27.2 Å². The number of thiocarbonyl (C=S) groups is 1. The van der Waals surface area contributed by atoms with E-state index in [1.807, 2.05) is 36.4 Å². The second-order valence-corrected chi connectivity index (χ2v) is 7.28. The standard InChI is InChI=1S/C20H22ClN3OS/c1-15(25)17-4-8-19(9-5-17)22-20(26)24-12-10-23(11-13-24)14-16-2-6-18(21)7-3-16/h2-9H,10-14H2,1H3,(H,22,26). The normalized spacial score (nSPS) is 14.9. The van der Waals surface area contributed by atoms with Gasteiger partial charge in [0.2, 0.25) is 0 Å². The Morgan fingerprint density at radius 2 is 1.65 bits per heavy atom. The van der Waals surface area contributed by atoms with Gasteiger partial charge < -0.3 is 10.2 Å². The monoisotopic (exact) mass is 387 g/mol. The van der Waals surface area contributed by atoms with Crippen molar-refractivity contribution in [3.63, 3.8) is 0 Å². The van der Waals surface area contributed by atoms with Crippen LogP contribution in [0.3, 0.4) is 0 Å². The fraction of sp³-hybridized carbons (Fsp3) is 0.300. The van der Waals surface area contributed by atoms with Gasteiger partial charge >= 0.3 is 0 Å². The van der Waals surface area contributed by atoms with Crippen LogP contribution in [-0.4, -0.2) is 46.9 Å². The highest BCUT2D eigenvalue weighted by atomic mass is 35.5. The number of carbonyl (C=O) groups is 1. The fourth-order valence-corrected chi connectivity index (χ4v) is 3.37. The third-order valence-electron chi connectivity index (χ3n) is 4.52. The van der Waals surface area contributed by atoms with Gasteiger partial charge in [0.05, 0.1) is 0 Å². The van der Waals surface area contributed by atoms with Gasteiger partial charge in [-0.2, -0.15) is 0 Å². The number of ketones is 1. The van der Waals surface area contributed by atoms with E-state index < -0.39 is 0 Å². The summed E-state index contributed by atoms with van der Waals surface area (Å²) < 4.78 is 0. The number of hydrogen-bond acceptors (Lipinski definition) is 3. The summed E-state index contributed by atoms with van der Waals surface area (Å²) in [5, 5.41) is 4.76. The minimum atomic E-state index is 0.0657. The summed E-state index contributed by atoms with van der Waals surface area (Å²) in [7, 11) is 0. The Hall–Kier alpha value is -1.95. The lowest BCUT2D eigenvalue weighted by Crippen LogP contribution is -2.49. The van der Waals surface area contributed by atoms with E-state index in [1.165, 1.54) is 5.56 Å². The van der Waals surface area contributed by atoms with E-state index in [4.69, 9.17) is 23.8 Å². The van der Waals surface area contributed by atoms with Crippen LogP contribution in [0.4, 0.5) is 5.69 Å². The van der Waals surface area contributed by atoms with Crippen molar-refractivity contribution in [1.29, 1.82) is 0 Å². The van der Waals surface area contributed by atoms with Crippen molar-refractivity contribution in [1.82, 2.24) is 9.80 Å². The van der Waals surface area contributed by atoms with Crippen molar-refractivity contribution in [2.75, 3.05) is 31.5 Å². The highest BCUT2D eigenvalue weighted by Gasteiger charge is 2.19. The molecule has 1 aliphatic heterocycles. The first kappa shape index (κ1) is 18.8. The molecule has 2 aromatic rings. The highest BCUT2D eigenvalue weighted by Crippen LogP contribution is 2.15. The maximum absolute atomic E-state index is 11.3. The Kier molecular flexibility index (Phi) is 6.25. The predicted molar refractivity (Wildman–Crippen MR) is 111 cm³/mol. The van der Waals surface area contributed by atoms with E-state index in [0.717, 1.165) is 48.5 Å². The molecule has 0 bridgehead atoms. The average molecular weight is 388 g/mol. The molecule has 1 N–H and O–H groups in total. The zero-order chi connectivity index (χ0) is 18.5. The largest absolute Gasteiger partial charge is 0.346 e. The Morgan fingerprint density at radius 1 is 1.04 bits per heavy atom. The molecule has 0 unspecified atom stereocenters. The minimum absolute atomic E-state index is 0.0657. The number of halogens is 1. The molecule has 0 aliphatic carbocycles. The molecule has 136 valence electrons. The number of anilines is 1. The van der Waals surface area contributed by atoms with Gasteiger partial charge in [-0.3, -0.25) is 9.69 Å². The molecule has 0 aromatic heterocycles. The van der Waals surface area contributed by atoms with Crippen LogP contribution in [0.1, 0.15) is 22.8 Å². The summed E-state index contributed by atoms with van der Waals surface area (Å²) >= 11 is 11.5. The smallest absolute Gasteiger partial charge is 0.173 e. The molecule has 3 rings (SSSR count). The topological polar surface area (TPSA) is 35.6 Å².